The van der Waals surface area contributed by atoms with Gasteiger partial charge >= 0.3 is 0 Å². The zero-order valence-corrected chi connectivity index (χ0v) is 11.1. The molecule has 0 spiro atoms. The van der Waals surface area contributed by atoms with Gasteiger partial charge < -0.3 is 10.6 Å². The molecule has 2 nitrogen and oxygen atoms in total. The third-order valence-electron chi connectivity index (χ3n) is 4.92. The van der Waals surface area contributed by atoms with Gasteiger partial charge in [0, 0.05) is 12.1 Å². The predicted molar refractivity (Wildman–Crippen MR) is 69.5 cm³/mol. The van der Waals surface area contributed by atoms with Gasteiger partial charge in [-0.2, -0.15) is 0 Å². The van der Waals surface area contributed by atoms with Crippen molar-refractivity contribution in [3.05, 3.63) is 0 Å². The van der Waals surface area contributed by atoms with Crippen LogP contribution in [0, 0.1) is 17.8 Å². The third-order valence-corrected chi connectivity index (χ3v) is 4.92. The lowest BCUT2D eigenvalue weighted by Gasteiger charge is -2.40. The molecule has 5 unspecified atom stereocenters. The van der Waals surface area contributed by atoms with E-state index in [-0.39, 0.29) is 0 Å². The van der Waals surface area contributed by atoms with Crippen LogP contribution in [0.4, 0.5) is 0 Å². The molecule has 1 heterocycles. The Kier molecular flexibility index (Phi) is 4.26. The van der Waals surface area contributed by atoms with E-state index in [2.05, 4.69) is 31.4 Å². The Labute approximate surface area is 101 Å². The van der Waals surface area contributed by atoms with Gasteiger partial charge in [-0.1, -0.05) is 33.6 Å². The van der Waals surface area contributed by atoms with Gasteiger partial charge in [0.2, 0.25) is 0 Å². The maximum atomic E-state index is 3.95. The predicted octanol–water partition coefficient (Wildman–Crippen LogP) is 2.40. The Morgan fingerprint density at radius 1 is 0.938 bits per heavy atom. The normalized spacial score (nSPS) is 45.6. The average Bonchev–Trinajstić information content (AvgIpc) is 2.28. The van der Waals surface area contributed by atoms with Crippen LogP contribution >= 0.6 is 0 Å². The minimum atomic E-state index is 0.749. The van der Waals surface area contributed by atoms with Crippen molar-refractivity contribution in [2.24, 2.45) is 17.8 Å². The fraction of sp³-hybridized carbons (Fsp3) is 1.00. The van der Waals surface area contributed by atoms with Crippen molar-refractivity contribution in [2.75, 3.05) is 13.1 Å². The quantitative estimate of drug-likeness (QED) is 0.752. The molecular formula is C14H28N2. The van der Waals surface area contributed by atoms with Crippen molar-refractivity contribution in [3.63, 3.8) is 0 Å². The molecule has 1 saturated carbocycles. The minimum Gasteiger partial charge on any atom is -0.316 e. The highest BCUT2D eigenvalue weighted by atomic mass is 15.0. The average molecular weight is 224 g/mol. The molecule has 2 heteroatoms. The first-order valence-electron chi connectivity index (χ1n) is 7.15. The van der Waals surface area contributed by atoms with E-state index in [0.29, 0.717) is 0 Å². The van der Waals surface area contributed by atoms with E-state index < -0.39 is 0 Å². The van der Waals surface area contributed by atoms with E-state index in [1.54, 1.807) is 0 Å². The fourth-order valence-electron chi connectivity index (χ4n) is 3.35. The molecule has 1 aliphatic heterocycles. The number of hydrogen-bond acceptors (Lipinski definition) is 2. The molecule has 0 aromatic heterocycles. The lowest BCUT2D eigenvalue weighted by Crippen LogP contribution is -2.52. The summed E-state index contributed by atoms with van der Waals surface area (Å²) >= 11 is 0. The molecule has 5 atom stereocenters. The lowest BCUT2D eigenvalue weighted by molar-refractivity contribution is 0.167. The van der Waals surface area contributed by atoms with Gasteiger partial charge in [0.25, 0.3) is 0 Å². The Balaban J connectivity index is 1.87. The molecule has 16 heavy (non-hydrogen) atoms. The maximum absolute atomic E-state index is 3.95. The molecule has 2 fully saturated rings. The Morgan fingerprint density at radius 3 is 2.50 bits per heavy atom. The number of nitrogens with one attached hydrogen (secondary N) is 2. The first-order chi connectivity index (χ1) is 7.68. The fourth-order valence-corrected chi connectivity index (χ4v) is 3.35. The zero-order chi connectivity index (χ0) is 11.5. The molecule has 94 valence electrons. The second kappa shape index (κ2) is 5.50. The molecule has 0 aromatic carbocycles. The van der Waals surface area contributed by atoms with Crippen molar-refractivity contribution in [2.45, 2.75) is 58.5 Å². The Hall–Kier alpha value is -0.0800. The molecule has 0 bridgehead atoms. The van der Waals surface area contributed by atoms with Gasteiger partial charge in [-0.25, -0.2) is 0 Å². The smallest absolute Gasteiger partial charge is 0.0120 e. The van der Waals surface area contributed by atoms with Crippen LogP contribution in [0.5, 0.6) is 0 Å². The first kappa shape index (κ1) is 12.4. The summed E-state index contributed by atoms with van der Waals surface area (Å²) in [5.41, 5.74) is 0. The van der Waals surface area contributed by atoms with Crippen molar-refractivity contribution in [1.82, 2.24) is 10.6 Å². The Bertz CT molecular complexity index is 217. The maximum Gasteiger partial charge on any atom is 0.0120 e. The molecule has 0 aromatic rings. The van der Waals surface area contributed by atoms with Crippen LogP contribution in [0.3, 0.4) is 0 Å². The molecule has 2 N–H and O–H groups in total. The summed E-state index contributed by atoms with van der Waals surface area (Å²) < 4.78 is 0. The summed E-state index contributed by atoms with van der Waals surface area (Å²) in [6.45, 7) is 9.62. The van der Waals surface area contributed by atoms with E-state index in [4.69, 9.17) is 0 Å². The van der Waals surface area contributed by atoms with E-state index >= 15 is 0 Å². The largest absolute Gasteiger partial charge is 0.316 e. The molecule has 2 rings (SSSR count). The van der Waals surface area contributed by atoms with Crippen LogP contribution in [0.1, 0.15) is 46.5 Å². The van der Waals surface area contributed by atoms with Gasteiger partial charge in [0.15, 0.2) is 0 Å². The standard InChI is InChI=1S/C14H28N2/c1-10-5-4-6-14(12(10)3)16-13-7-8-15-9-11(13)2/h10-16H,4-9H2,1-3H3. The SMILES string of the molecule is CC1CNCCC1NC1CCCC(C)C1C. The summed E-state index contributed by atoms with van der Waals surface area (Å²) in [4.78, 5) is 0. The number of hydrogen-bond donors (Lipinski definition) is 2. The minimum absolute atomic E-state index is 0.749. The van der Waals surface area contributed by atoms with Crippen LogP contribution in [-0.4, -0.2) is 25.2 Å². The van der Waals surface area contributed by atoms with Crippen LogP contribution in [0.15, 0.2) is 0 Å². The summed E-state index contributed by atoms with van der Waals surface area (Å²) in [5.74, 6) is 2.55. The first-order valence-corrected chi connectivity index (χ1v) is 7.15. The van der Waals surface area contributed by atoms with Crippen LogP contribution < -0.4 is 10.6 Å². The van der Waals surface area contributed by atoms with Crippen molar-refractivity contribution >= 4 is 0 Å². The van der Waals surface area contributed by atoms with Crippen molar-refractivity contribution in [1.29, 1.82) is 0 Å². The monoisotopic (exact) mass is 224 g/mol. The molecule has 0 amide bonds. The summed E-state index contributed by atoms with van der Waals surface area (Å²) in [6, 6.07) is 1.52. The summed E-state index contributed by atoms with van der Waals surface area (Å²) in [6.07, 6.45) is 5.55. The number of piperidine rings is 1. The van der Waals surface area contributed by atoms with Gasteiger partial charge in [-0.05, 0) is 43.7 Å². The molecule has 1 saturated heterocycles. The summed E-state index contributed by atoms with van der Waals surface area (Å²) in [7, 11) is 0. The highest BCUT2D eigenvalue weighted by Crippen LogP contribution is 2.30. The van der Waals surface area contributed by atoms with Crippen molar-refractivity contribution < 1.29 is 0 Å². The topological polar surface area (TPSA) is 24.1 Å². The molecule has 1 aliphatic carbocycles. The van der Waals surface area contributed by atoms with Gasteiger partial charge in [0.1, 0.15) is 0 Å². The second-order valence-corrected chi connectivity index (χ2v) is 6.12. The van der Waals surface area contributed by atoms with Crippen LogP contribution in [0.2, 0.25) is 0 Å². The van der Waals surface area contributed by atoms with E-state index in [9.17, 15) is 0 Å². The third kappa shape index (κ3) is 2.78. The van der Waals surface area contributed by atoms with Gasteiger partial charge in [0.05, 0.1) is 0 Å². The zero-order valence-electron chi connectivity index (χ0n) is 11.1. The van der Waals surface area contributed by atoms with Crippen LogP contribution in [-0.2, 0) is 0 Å². The molecular weight excluding hydrogens is 196 g/mol. The van der Waals surface area contributed by atoms with Crippen LogP contribution in [0.25, 0.3) is 0 Å². The van der Waals surface area contributed by atoms with Gasteiger partial charge in [-0.3, -0.25) is 0 Å². The highest BCUT2D eigenvalue weighted by molar-refractivity contribution is 4.88. The second-order valence-electron chi connectivity index (χ2n) is 6.12. The lowest BCUT2D eigenvalue weighted by atomic mass is 9.77. The van der Waals surface area contributed by atoms with E-state index in [1.165, 1.54) is 38.8 Å². The molecule has 0 radical (unpaired) electrons. The summed E-state index contributed by atoms with van der Waals surface area (Å²) in [5, 5.41) is 7.43. The Morgan fingerprint density at radius 2 is 1.75 bits per heavy atom. The van der Waals surface area contributed by atoms with E-state index in [0.717, 1.165) is 29.8 Å². The van der Waals surface area contributed by atoms with E-state index in [1.807, 2.05) is 0 Å². The van der Waals surface area contributed by atoms with Crippen molar-refractivity contribution in [3.8, 4) is 0 Å². The number of rotatable bonds is 2. The highest BCUT2D eigenvalue weighted by Gasteiger charge is 2.30. The molecule has 2 aliphatic rings. The van der Waals surface area contributed by atoms with Gasteiger partial charge in [-0.15, -0.1) is 0 Å².